The maximum Gasteiger partial charge on any atom is 0.269 e. The summed E-state index contributed by atoms with van der Waals surface area (Å²) in [7, 11) is 0. The second kappa shape index (κ2) is 8.35. The quantitative estimate of drug-likeness (QED) is 0.262. The number of nitrogens with one attached hydrogen (secondary N) is 1. The SMILES string of the molecule is Cc1ccc2c(c1)[C@]1(C(=O)N2)C(C(=O)c2ccc(Br)cc2)C(c2ccc([N+](=O)[O-])cc2)C2CCCN21. The lowest BCUT2D eigenvalue weighted by Gasteiger charge is -2.37. The molecule has 0 bridgehead atoms. The molecule has 8 heteroatoms. The van der Waals surface area contributed by atoms with Gasteiger partial charge in [0, 0.05) is 45.4 Å². The van der Waals surface area contributed by atoms with E-state index in [1.54, 1.807) is 24.3 Å². The highest BCUT2D eigenvalue weighted by atomic mass is 79.9. The van der Waals surface area contributed by atoms with Gasteiger partial charge in [-0.15, -0.1) is 0 Å². The number of carbonyl (C=O) groups excluding carboxylic acids is 2. The summed E-state index contributed by atoms with van der Waals surface area (Å²) in [6.45, 7) is 2.70. The molecule has 0 aromatic heterocycles. The van der Waals surface area contributed by atoms with E-state index in [0.29, 0.717) is 12.1 Å². The van der Waals surface area contributed by atoms with Crippen molar-refractivity contribution in [1.29, 1.82) is 0 Å². The van der Waals surface area contributed by atoms with Gasteiger partial charge < -0.3 is 5.32 Å². The van der Waals surface area contributed by atoms with Crippen LogP contribution in [0.15, 0.2) is 71.2 Å². The molecule has 3 aromatic rings. The van der Waals surface area contributed by atoms with Gasteiger partial charge in [-0.2, -0.15) is 0 Å². The maximum absolute atomic E-state index is 14.4. The number of hydrogen-bond acceptors (Lipinski definition) is 5. The highest BCUT2D eigenvalue weighted by Gasteiger charge is 2.69. The summed E-state index contributed by atoms with van der Waals surface area (Å²) < 4.78 is 0.868. The molecule has 182 valence electrons. The number of benzene rings is 3. The van der Waals surface area contributed by atoms with Crippen molar-refractivity contribution in [2.24, 2.45) is 5.92 Å². The number of halogens is 1. The van der Waals surface area contributed by atoms with Crippen LogP contribution in [0.1, 0.15) is 45.8 Å². The fourth-order valence-corrected chi connectivity index (χ4v) is 6.92. The molecule has 0 saturated carbocycles. The van der Waals surface area contributed by atoms with Crippen LogP contribution in [0, 0.1) is 23.0 Å². The Morgan fingerprint density at radius 3 is 2.53 bits per heavy atom. The highest BCUT2D eigenvalue weighted by molar-refractivity contribution is 9.10. The number of aryl methyl sites for hydroxylation is 1. The number of anilines is 1. The Kier molecular flexibility index (Phi) is 5.35. The molecule has 6 rings (SSSR count). The Morgan fingerprint density at radius 2 is 1.83 bits per heavy atom. The number of nitrogens with zero attached hydrogens (tertiary/aromatic N) is 2. The van der Waals surface area contributed by atoms with Gasteiger partial charge in [-0.1, -0.05) is 57.9 Å². The third-order valence-corrected chi connectivity index (χ3v) is 8.58. The second-order valence-corrected chi connectivity index (χ2v) is 10.8. The van der Waals surface area contributed by atoms with Gasteiger partial charge in [-0.25, -0.2) is 0 Å². The highest BCUT2D eigenvalue weighted by Crippen LogP contribution is 2.61. The fraction of sp³-hybridized carbons (Fsp3) is 0.286. The molecule has 3 aromatic carbocycles. The summed E-state index contributed by atoms with van der Waals surface area (Å²) in [6.07, 6.45) is 1.77. The molecule has 3 aliphatic rings. The van der Waals surface area contributed by atoms with E-state index in [0.717, 1.165) is 39.7 Å². The molecule has 2 fully saturated rings. The number of hydrogen-bond donors (Lipinski definition) is 1. The summed E-state index contributed by atoms with van der Waals surface area (Å²) in [6, 6.07) is 19.6. The lowest BCUT2D eigenvalue weighted by Crippen LogP contribution is -2.52. The van der Waals surface area contributed by atoms with Crippen molar-refractivity contribution in [3.63, 3.8) is 0 Å². The van der Waals surface area contributed by atoms with E-state index >= 15 is 0 Å². The average molecular weight is 546 g/mol. The zero-order chi connectivity index (χ0) is 25.2. The standard InChI is InChI=1S/C28H24BrN3O4/c1-16-4-13-22-21(15-16)28(27(34)30-22)25(26(33)18-5-9-19(29)10-6-18)24(23-3-2-14-31(23)28)17-7-11-20(12-8-17)32(35)36/h4-13,15,23-25H,2-3,14H2,1H3,(H,30,34)/t23?,24?,25?,28-/m1/s1. The molecule has 1 N–H and O–H groups in total. The van der Waals surface area contributed by atoms with Gasteiger partial charge in [0.05, 0.1) is 10.8 Å². The van der Waals surface area contributed by atoms with Crippen LogP contribution in [0.25, 0.3) is 0 Å². The van der Waals surface area contributed by atoms with Crippen LogP contribution in [0.2, 0.25) is 0 Å². The van der Waals surface area contributed by atoms with Crippen LogP contribution < -0.4 is 5.32 Å². The summed E-state index contributed by atoms with van der Waals surface area (Å²) >= 11 is 3.44. The molecule has 0 radical (unpaired) electrons. The predicted molar refractivity (Wildman–Crippen MR) is 139 cm³/mol. The Hall–Kier alpha value is -3.36. The summed E-state index contributed by atoms with van der Waals surface area (Å²) in [5.41, 5.74) is 2.87. The minimum atomic E-state index is -1.14. The first kappa shape index (κ1) is 23.1. The lowest BCUT2D eigenvalue weighted by molar-refractivity contribution is -0.384. The number of amides is 1. The minimum Gasteiger partial charge on any atom is -0.324 e. The molecule has 3 aliphatic heterocycles. The fourth-order valence-electron chi connectivity index (χ4n) is 6.66. The van der Waals surface area contributed by atoms with Crippen molar-refractivity contribution in [2.45, 2.75) is 37.3 Å². The summed E-state index contributed by atoms with van der Waals surface area (Å²) in [5, 5.41) is 14.4. The van der Waals surface area contributed by atoms with Gasteiger partial charge in [0.2, 0.25) is 5.91 Å². The smallest absolute Gasteiger partial charge is 0.269 e. The molecular weight excluding hydrogens is 522 g/mol. The van der Waals surface area contributed by atoms with E-state index in [2.05, 4.69) is 26.1 Å². The van der Waals surface area contributed by atoms with Crippen molar-refractivity contribution in [3.8, 4) is 0 Å². The number of fused-ring (bicyclic) bond motifs is 4. The van der Waals surface area contributed by atoms with E-state index in [1.807, 2.05) is 37.3 Å². The van der Waals surface area contributed by atoms with E-state index in [4.69, 9.17) is 0 Å². The topological polar surface area (TPSA) is 92.5 Å². The number of Topliss-reactive ketones (excluding diaryl/α,β-unsaturated/α-hetero) is 1. The van der Waals surface area contributed by atoms with Crippen LogP contribution in [0.3, 0.4) is 0 Å². The minimum absolute atomic E-state index is 0.00473. The molecule has 2 saturated heterocycles. The van der Waals surface area contributed by atoms with Crippen LogP contribution in [-0.4, -0.2) is 34.1 Å². The van der Waals surface area contributed by atoms with E-state index in [1.165, 1.54) is 12.1 Å². The Bertz CT molecular complexity index is 1410. The molecule has 3 heterocycles. The summed E-state index contributed by atoms with van der Waals surface area (Å²) in [5.74, 6) is -1.24. The molecule has 7 nitrogen and oxygen atoms in total. The van der Waals surface area contributed by atoms with Crippen molar-refractivity contribution >= 4 is 39.0 Å². The van der Waals surface area contributed by atoms with E-state index in [-0.39, 0.29) is 29.3 Å². The molecule has 3 unspecified atom stereocenters. The van der Waals surface area contributed by atoms with Crippen LogP contribution in [-0.2, 0) is 10.3 Å². The van der Waals surface area contributed by atoms with Gasteiger partial charge in [-0.05, 0) is 50.1 Å². The van der Waals surface area contributed by atoms with Gasteiger partial charge in [0.15, 0.2) is 5.78 Å². The first-order chi connectivity index (χ1) is 17.3. The first-order valence-electron chi connectivity index (χ1n) is 12.1. The summed E-state index contributed by atoms with van der Waals surface area (Å²) in [4.78, 5) is 41.6. The lowest BCUT2D eigenvalue weighted by atomic mass is 9.68. The Morgan fingerprint density at radius 1 is 1.11 bits per heavy atom. The van der Waals surface area contributed by atoms with Crippen molar-refractivity contribution in [1.82, 2.24) is 4.90 Å². The average Bonchev–Trinajstić information content (AvgIpc) is 3.52. The van der Waals surface area contributed by atoms with Gasteiger partial charge >= 0.3 is 0 Å². The number of non-ortho nitro benzene ring substituents is 1. The van der Waals surface area contributed by atoms with Gasteiger partial charge in [0.25, 0.3) is 5.69 Å². The molecule has 36 heavy (non-hydrogen) atoms. The van der Waals surface area contributed by atoms with Crippen LogP contribution >= 0.6 is 15.9 Å². The Balaban J connectivity index is 1.59. The van der Waals surface area contributed by atoms with Crippen molar-refractivity contribution in [3.05, 3.63) is 104 Å². The normalized spacial score (nSPS) is 26.6. The van der Waals surface area contributed by atoms with Crippen molar-refractivity contribution in [2.75, 3.05) is 11.9 Å². The Labute approximate surface area is 216 Å². The third-order valence-electron chi connectivity index (χ3n) is 8.06. The van der Waals surface area contributed by atoms with Crippen LogP contribution in [0.4, 0.5) is 11.4 Å². The number of rotatable bonds is 4. The predicted octanol–water partition coefficient (Wildman–Crippen LogP) is 5.57. The number of nitro benzene ring substituents is 1. The van der Waals surface area contributed by atoms with Crippen molar-refractivity contribution < 1.29 is 14.5 Å². The zero-order valence-electron chi connectivity index (χ0n) is 19.6. The number of nitro groups is 1. The molecule has 0 aliphatic carbocycles. The van der Waals surface area contributed by atoms with Gasteiger partial charge in [0.1, 0.15) is 5.54 Å². The molecule has 1 amide bonds. The second-order valence-electron chi connectivity index (χ2n) is 9.90. The third kappa shape index (κ3) is 3.21. The number of ketones is 1. The monoisotopic (exact) mass is 545 g/mol. The maximum atomic E-state index is 14.4. The van der Waals surface area contributed by atoms with E-state index in [9.17, 15) is 19.7 Å². The number of carbonyl (C=O) groups is 2. The van der Waals surface area contributed by atoms with E-state index < -0.39 is 16.4 Å². The van der Waals surface area contributed by atoms with Gasteiger partial charge in [-0.3, -0.25) is 24.6 Å². The molecular formula is C28H24BrN3O4. The molecule has 1 spiro atoms. The molecule has 4 atom stereocenters. The largest absolute Gasteiger partial charge is 0.324 e. The first-order valence-corrected chi connectivity index (χ1v) is 12.8. The zero-order valence-corrected chi connectivity index (χ0v) is 21.2. The van der Waals surface area contributed by atoms with Crippen LogP contribution in [0.5, 0.6) is 0 Å².